The van der Waals surface area contributed by atoms with Gasteiger partial charge in [0.15, 0.2) is 16.4 Å². The van der Waals surface area contributed by atoms with Gasteiger partial charge in [0.25, 0.3) is 11.8 Å². The quantitative estimate of drug-likeness (QED) is 0.653. The summed E-state index contributed by atoms with van der Waals surface area (Å²) in [5.74, 6) is -1.46. The SMILES string of the molecule is CN(C(=O)COC(=O)CCNC(=O)c1ccc(Cl)cc1)[C@H]1CCS(=O)(=O)C1. The van der Waals surface area contributed by atoms with Crippen molar-refractivity contribution in [3.05, 3.63) is 34.9 Å². The van der Waals surface area contributed by atoms with Gasteiger partial charge in [-0.15, -0.1) is 0 Å². The summed E-state index contributed by atoms with van der Waals surface area (Å²) in [6, 6.07) is 5.91. The fraction of sp³-hybridized carbons (Fsp3) is 0.471. The summed E-state index contributed by atoms with van der Waals surface area (Å²) in [6.45, 7) is -0.401. The lowest BCUT2D eigenvalue weighted by Gasteiger charge is -2.23. The third-order valence-electron chi connectivity index (χ3n) is 4.23. The van der Waals surface area contributed by atoms with Crippen LogP contribution in [-0.4, -0.2) is 68.8 Å². The highest BCUT2D eigenvalue weighted by atomic mass is 35.5. The van der Waals surface area contributed by atoms with Crippen molar-refractivity contribution in [1.82, 2.24) is 10.2 Å². The summed E-state index contributed by atoms with van der Waals surface area (Å²) in [5, 5.41) is 3.08. The fourth-order valence-corrected chi connectivity index (χ4v) is 4.48. The molecule has 0 aliphatic carbocycles. The molecule has 10 heteroatoms. The number of sulfone groups is 1. The zero-order valence-corrected chi connectivity index (χ0v) is 16.4. The van der Waals surface area contributed by atoms with E-state index in [0.717, 1.165) is 0 Å². The molecule has 1 heterocycles. The summed E-state index contributed by atoms with van der Waals surface area (Å²) >= 11 is 5.75. The van der Waals surface area contributed by atoms with Gasteiger partial charge < -0.3 is 15.0 Å². The van der Waals surface area contributed by atoms with E-state index in [1.807, 2.05) is 0 Å². The Morgan fingerprint density at radius 1 is 1.26 bits per heavy atom. The van der Waals surface area contributed by atoms with Gasteiger partial charge in [-0.1, -0.05) is 11.6 Å². The van der Waals surface area contributed by atoms with Gasteiger partial charge in [-0.2, -0.15) is 0 Å². The summed E-state index contributed by atoms with van der Waals surface area (Å²) in [4.78, 5) is 36.9. The maximum absolute atomic E-state index is 12.0. The minimum absolute atomic E-state index is 0.0579. The first kappa shape index (κ1) is 21.2. The second kappa shape index (κ2) is 9.18. The molecule has 1 aliphatic heterocycles. The zero-order chi connectivity index (χ0) is 20.0. The van der Waals surface area contributed by atoms with Gasteiger partial charge in [0, 0.05) is 30.2 Å². The topological polar surface area (TPSA) is 110 Å². The number of carbonyl (C=O) groups excluding carboxylic acids is 3. The number of benzene rings is 1. The van der Waals surface area contributed by atoms with Crippen molar-refractivity contribution in [1.29, 1.82) is 0 Å². The van der Waals surface area contributed by atoms with E-state index in [0.29, 0.717) is 17.0 Å². The Morgan fingerprint density at radius 2 is 1.93 bits per heavy atom. The molecule has 1 N–H and O–H groups in total. The predicted octanol–water partition coefficient (Wildman–Crippen LogP) is 0.649. The molecule has 1 saturated heterocycles. The standard InChI is InChI=1S/C17H21ClN2O6S/c1-20(14-7-9-27(24,25)11-14)15(21)10-26-16(22)6-8-19-17(23)12-2-4-13(18)5-3-12/h2-5,14H,6-11H2,1H3,(H,19,23)/t14-/m0/s1. The van der Waals surface area contributed by atoms with Crippen LogP contribution in [0.1, 0.15) is 23.2 Å². The second-order valence-corrected chi connectivity index (χ2v) is 8.90. The van der Waals surface area contributed by atoms with Crippen LogP contribution >= 0.6 is 11.6 Å². The van der Waals surface area contributed by atoms with Crippen molar-refractivity contribution >= 4 is 39.2 Å². The molecule has 0 saturated carbocycles. The summed E-state index contributed by atoms with van der Waals surface area (Å²) in [6.07, 6.45) is 0.295. The maximum atomic E-state index is 12.0. The van der Waals surface area contributed by atoms with Crippen LogP contribution in [0.3, 0.4) is 0 Å². The Balaban J connectivity index is 1.67. The van der Waals surface area contributed by atoms with Crippen LogP contribution in [0.25, 0.3) is 0 Å². The van der Waals surface area contributed by atoms with Crippen molar-refractivity contribution in [2.45, 2.75) is 18.9 Å². The molecule has 1 atom stereocenters. The highest BCUT2D eigenvalue weighted by Crippen LogP contribution is 2.16. The van der Waals surface area contributed by atoms with E-state index >= 15 is 0 Å². The number of rotatable bonds is 7. The van der Waals surface area contributed by atoms with Crippen molar-refractivity contribution < 1.29 is 27.5 Å². The Bertz CT molecular complexity index is 809. The van der Waals surface area contributed by atoms with E-state index in [-0.39, 0.29) is 36.4 Å². The highest BCUT2D eigenvalue weighted by molar-refractivity contribution is 7.91. The zero-order valence-electron chi connectivity index (χ0n) is 14.8. The Labute approximate surface area is 162 Å². The summed E-state index contributed by atoms with van der Waals surface area (Å²) < 4.78 is 27.8. The van der Waals surface area contributed by atoms with Crippen LogP contribution in [0.5, 0.6) is 0 Å². The van der Waals surface area contributed by atoms with Crippen LogP contribution < -0.4 is 5.32 Å². The first-order valence-corrected chi connectivity index (χ1v) is 10.5. The lowest BCUT2D eigenvalue weighted by molar-refractivity contribution is -0.152. The van der Waals surface area contributed by atoms with Gasteiger partial charge in [0.2, 0.25) is 0 Å². The smallest absolute Gasteiger partial charge is 0.308 e. The van der Waals surface area contributed by atoms with Gasteiger partial charge in [-0.05, 0) is 30.7 Å². The molecule has 0 aromatic heterocycles. The number of esters is 1. The molecule has 27 heavy (non-hydrogen) atoms. The van der Waals surface area contributed by atoms with Crippen LogP contribution in [0.2, 0.25) is 5.02 Å². The van der Waals surface area contributed by atoms with Gasteiger partial charge in [-0.3, -0.25) is 14.4 Å². The molecule has 8 nitrogen and oxygen atoms in total. The number of hydrogen-bond donors (Lipinski definition) is 1. The third-order valence-corrected chi connectivity index (χ3v) is 6.23. The van der Waals surface area contributed by atoms with Gasteiger partial charge >= 0.3 is 5.97 Å². The molecule has 1 aromatic rings. The molecular formula is C17H21ClN2O6S. The Kier molecular flexibility index (Phi) is 7.20. The number of nitrogens with one attached hydrogen (secondary N) is 1. The summed E-state index contributed by atoms with van der Waals surface area (Å²) in [7, 11) is -1.61. The molecule has 2 rings (SSSR count). The molecule has 1 aromatic carbocycles. The minimum Gasteiger partial charge on any atom is -0.456 e. The monoisotopic (exact) mass is 416 g/mol. The molecule has 0 unspecified atom stereocenters. The largest absolute Gasteiger partial charge is 0.456 e. The third kappa shape index (κ3) is 6.51. The number of ether oxygens (including phenoxy) is 1. The van der Waals surface area contributed by atoms with Crippen molar-refractivity contribution in [3.8, 4) is 0 Å². The number of amides is 2. The minimum atomic E-state index is -3.10. The first-order chi connectivity index (χ1) is 12.7. The number of hydrogen-bond acceptors (Lipinski definition) is 6. The van der Waals surface area contributed by atoms with E-state index < -0.39 is 28.3 Å². The van der Waals surface area contributed by atoms with Crippen molar-refractivity contribution in [3.63, 3.8) is 0 Å². The lowest BCUT2D eigenvalue weighted by Crippen LogP contribution is -2.40. The molecule has 0 radical (unpaired) electrons. The second-order valence-electron chi connectivity index (χ2n) is 6.23. The van der Waals surface area contributed by atoms with E-state index in [1.165, 1.54) is 11.9 Å². The van der Waals surface area contributed by atoms with Gasteiger partial charge in [0.1, 0.15) is 0 Å². The van der Waals surface area contributed by atoms with Crippen molar-refractivity contribution in [2.24, 2.45) is 0 Å². The first-order valence-electron chi connectivity index (χ1n) is 8.33. The fourth-order valence-electron chi connectivity index (χ4n) is 2.58. The van der Waals surface area contributed by atoms with E-state index in [1.54, 1.807) is 24.3 Å². The van der Waals surface area contributed by atoms with Crippen molar-refractivity contribution in [2.75, 3.05) is 31.7 Å². The molecule has 148 valence electrons. The number of likely N-dealkylation sites (N-methyl/N-ethyl adjacent to an activating group) is 1. The van der Waals surface area contributed by atoms with Crippen LogP contribution in [0.15, 0.2) is 24.3 Å². The average Bonchev–Trinajstić information content (AvgIpc) is 2.99. The number of nitrogens with zero attached hydrogens (tertiary/aromatic N) is 1. The van der Waals surface area contributed by atoms with E-state index in [2.05, 4.69) is 5.32 Å². The van der Waals surface area contributed by atoms with Gasteiger partial charge in [0.05, 0.1) is 17.9 Å². The van der Waals surface area contributed by atoms with Crippen LogP contribution in [-0.2, 0) is 24.2 Å². The maximum Gasteiger partial charge on any atom is 0.308 e. The molecule has 1 aliphatic rings. The Morgan fingerprint density at radius 3 is 2.52 bits per heavy atom. The van der Waals surface area contributed by atoms with E-state index in [4.69, 9.17) is 16.3 Å². The van der Waals surface area contributed by atoms with E-state index in [9.17, 15) is 22.8 Å². The molecule has 0 spiro atoms. The molecule has 1 fully saturated rings. The molecular weight excluding hydrogens is 396 g/mol. The van der Waals surface area contributed by atoms with Gasteiger partial charge in [-0.25, -0.2) is 8.42 Å². The average molecular weight is 417 g/mol. The molecule has 0 bridgehead atoms. The van der Waals surface area contributed by atoms with Crippen LogP contribution in [0, 0.1) is 0 Å². The summed E-state index contributed by atoms with van der Waals surface area (Å²) in [5.41, 5.74) is 0.413. The highest BCUT2D eigenvalue weighted by Gasteiger charge is 2.32. The predicted molar refractivity (Wildman–Crippen MR) is 99.2 cm³/mol. The lowest BCUT2D eigenvalue weighted by atomic mass is 10.2. The molecule has 2 amide bonds. The van der Waals surface area contributed by atoms with Crippen LogP contribution in [0.4, 0.5) is 0 Å². The number of carbonyl (C=O) groups is 3. The Hall–Kier alpha value is -2.13. The number of halogens is 1. The normalized spacial score (nSPS) is 17.9.